The van der Waals surface area contributed by atoms with Crippen LogP contribution in [0.1, 0.15) is 51.9 Å². The molecule has 1 saturated heterocycles. The second kappa shape index (κ2) is 5.31. The molecule has 1 unspecified atom stereocenters. The van der Waals surface area contributed by atoms with Gasteiger partial charge in [0.1, 0.15) is 0 Å². The standard InChI is InChI=1S/C13H26N2/c1-13(8-5-9-14-10-13)11-15-12-6-3-2-4-7-12/h12,14-15H,2-11H2,1H3. The van der Waals surface area contributed by atoms with Crippen molar-refractivity contribution in [3.63, 3.8) is 0 Å². The zero-order chi connectivity index (χ0) is 10.6. The minimum absolute atomic E-state index is 0.510. The quantitative estimate of drug-likeness (QED) is 0.747. The van der Waals surface area contributed by atoms with Crippen LogP contribution in [-0.2, 0) is 0 Å². The van der Waals surface area contributed by atoms with Crippen LogP contribution >= 0.6 is 0 Å². The van der Waals surface area contributed by atoms with Crippen molar-refractivity contribution in [1.29, 1.82) is 0 Å². The van der Waals surface area contributed by atoms with E-state index in [9.17, 15) is 0 Å². The molecule has 0 spiro atoms. The molecule has 0 bridgehead atoms. The summed E-state index contributed by atoms with van der Waals surface area (Å²) in [5.74, 6) is 0. The minimum Gasteiger partial charge on any atom is -0.316 e. The van der Waals surface area contributed by atoms with Gasteiger partial charge in [0.05, 0.1) is 0 Å². The molecule has 2 fully saturated rings. The molecule has 2 N–H and O–H groups in total. The van der Waals surface area contributed by atoms with Gasteiger partial charge in [-0.15, -0.1) is 0 Å². The van der Waals surface area contributed by atoms with Crippen LogP contribution in [0.3, 0.4) is 0 Å². The third kappa shape index (κ3) is 3.46. The average molecular weight is 210 g/mol. The summed E-state index contributed by atoms with van der Waals surface area (Å²) in [5, 5.41) is 7.31. The Hall–Kier alpha value is -0.0800. The summed E-state index contributed by atoms with van der Waals surface area (Å²) in [6.07, 6.45) is 9.88. The maximum Gasteiger partial charge on any atom is 0.00673 e. The Labute approximate surface area is 94.2 Å². The molecule has 1 atom stereocenters. The van der Waals surface area contributed by atoms with Crippen LogP contribution in [0.4, 0.5) is 0 Å². The molecule has 0 amide bonds. The predicted molar refractivity (Wildman–Crippen MR) is 65.1 cm³/mol. The first-order chi connectivity index (χ1) is 7.29. The fraction of sp³-hybridized carbons (Fsp3) is 1.00. The monoisotopic (exact) mass is 210 g/mol. The molecule has 2 nitrogen and oxygen atoms in total. The first-order valence-electron chi connectivity index (χ1n) is 6.73. The van der Waals surface area contributed by atoms with Gasteiger partial charge in [0, 0.05) is 19.1 Å². The average Bonchev–Trinajstić information content (AvgIpc) is 2.29. The molecule has 2 heteroatoms. The molecular weight excluding hydrogens is 184 g/mol. The fourth-order valence-corrected chi connectivity index (χ4v) is 2.97. The zero-order valence-electron chi connectivity index (χ0n) is 10.1. The lowest BCUT2D eigenvalue weighted by Crippen LogP contribution is -2.47. The van der Waals surface area contributed by atoms with Crippen molar-refractivity contribution in [2.75, 3.05) is 19.6 Å². The van der Waals surface area contributed by atoms with Crippen LogP contribution in [0, 0.1) is 5.41 Å². The number of hydrogen-bond acceptors (Lipinski definition) is 2. The summed E-state index contributed by atoms with van der Waals surface area (Å²) in [4.78, 5) is 0. The van der Waals surface area contributed by atoms with Gasteiger partial charge in [-0.1, -0.05) is 26.2 Å². The van der Waals surface area contributed by atoms with Gasteiger partial charge in [0.15, 0.2) is 0 Å². The smallest absolute Gasteiger partial charge is 0.00673 e. The number of rotatable bonds is 3. The van der Waals surface area contributed by atoms with Crippen molar-refractivity contribution in [1.82, 2.24) is 10.6 Å². The molecule has 1 aliphatic heterocycles. The third-order valence-electron chi connectivity index (χ3n) is 4.11. The molecule has 1 saturated carbocycles. The summed E-state index contributed by atoms with van der Waals surface area (Å²) >= 11 is 0. The molecular formula is C13H26N2. The first-order valence-corrected chi connectivity index (χ1v) is 6.73. The normalized spacial score (nSPS) is 34.2. The Morgan fingerprint density at radius 2 is 2.00 bits per heavy atom. The van der Waals surface area contributed by atoms with Crippen molar-refractivity contribution in [2.24, 2.45) is 5.41 Å². The summed E-state index contributed by atoms with van der Waals surface area (Å²) in [5.41, 5.74) is 0.510. The highest BCUT2D eigenvalue weighted by molar-refractivity contribution is 4.85. The topological polar surface area (TPSA) is 24.1 Å². The maximum atomic E-state index is 3.79. The Morgan fingerprint density at radius 3 is 2.67 bits per heavy atom. The van der Waals surface area contributed by atoms with Crippen LogP contribution in [0.5, 0.6) is 0 Å². The van der Waals surface area contributed by atoms with E-state index in [4.69, 9.17) is 0 Å². The lowest BCUT2D eigenvalue weighted by atomic mass is 9.82. The molecule has 1 heterocycles. The second-order valence-electron chi connectivity index (χ2n) is 5.81. The van der Waals surface area contributed by atoms with E-state index >= 15 is 0 Å². The number of nitrogens with one attached hydrogen (secondary N) is 2. The molecule has 0 aromatic rings. The van der Waals surface area contributed by atoms with Crippen LogP contribution in [0.25, 0.3) is 0 Å². The van der Waals surface area contributed by atoms with E-state index in [1.807, 2.05) is 0 Å². The van der Waals surface area contributed by atoms with E-state index < -0.39 is 0 Å². The van der Waals surface area contributed by atoms with Crippen molar-refractivity contribution >= 4 is 0 Å². The molecule has 15 heavy (non-hydrogen) atoms. The molecule has 0 radical (unpaired) electrons. The maximum absolute atomic E-state index is 3.79. The van der Waals surface area contributed by atoms with E-state index in [-0.39, 0.29) is 0 Å². The number of hydrogen-bond donors (Lipinski definition) is 2. The third-order valence-corrected chi connectivity index (χ3v) is 4.11. The fourth-order valence-electron chi connectivity index (χ4n) is 2.97. The van der Waals surface area contributed by atoms with Crippen LogP contribution in [0.2, 0.25) is 0 Å². The Bertz CT molecular complexity index is 179. The summed E-state index contributed by atoms with van der Waals surface area (Å²) in [7, 11) is 0. The lowest BCUT2D eigenvalue weighted by molar-refractivity contribution is 0.209. The van der Waals surface area contributed by atoms with Gasteiger partial charge in [-0.2, -0.15) is 0 Å². The van der Waals surface area contributed by atoms with Crippen molar-refractivity contribution < 1.29 is 0 Å². The zero-order valence-corrected chi connectivity index (χ0v) is 10.1. The molecule has 0 aromatic heterocycles. The minimum atomic E-state index is 0.510. The summed E-state index contributed by atoms with van der Waals surface area (Å²) < 4.78 is 0. The van der Waals surface area contributed by atoms with Gasteiger partial charge in [0.25, 0.3) is 0 Å². The highest BCUT2D eigenvalue weighted by atomic mass is 15.0. The number of piperidine rings is 1. The largest absolute Gasteiger partial charge is 0.316 e. The van der Waals surface area contributed by atoms with Crippen LogP contribution in [-0.4, -0.2) is 25.7 Å². The molecule has 0 aromatic carbocycles. The Kier molecular flexibility index (Phi) is 4.04. The van der Waals surface area contributed by atoms with Crippen LogP contribution < -0.4 is 10.6 Å². The summed E-state index contributed by atoms with van der Waals surface area (Å²) in [6, 6.07) is 0.817. The predicted octanol–water partition coefficient (Wildman–Crippen LogP) is 2.30. The second-order valence-corrected chi connectivity index (χ2v) is 5.81. The van der Waals surface area contributed by atoms with Crippen molar-refractivity contribution in [3.05, 3.63) is 0 Å². The molecule has 1 aliphatic carbocycles. The van der Waals surface area contributed by atoms with E-state index in [0.717, 1.165) is 6.04 Å². The molecule has 2 aliphatic rings. The SMILES string of the molecule is CC1(CNC2CCCCC2)CCCNC1. The van der Waals surface area contributed by atoms with Gasteiger partial charge in [0.2, 0.25) is 0 Å². The molecule has 88 valence electrons. The van der Waals surface area contributed by atoms with Crippen LogP contribution in [0.15, 0.2) is 0 Å². The highest BCUT2D eigenvalue weighted by Gasteiger charge is 2.27. The van der Waals surface area contributed by atoms with E-state index in [0.29, 0.717) is 5.41 Å². The Morgan fingerprint density at radius 1 is 1.20 bits per heavy atom. The summed E-state index contributed by atoms with van der Waals surface area (Å²) in [6.45, 7) is 6.06. The first kappa shape index (κ1) is 11.4. The van der Waals surface area contributed by atoms with Gasteiger partial charge in [-0.25, -0.2) is 0 Å². The lowest BCUT2D eigenvalue weighted by Gasteiger charge is -2.36. The van der Waals surface area contributed by atoms with Gasteiger partial charge in [-0.3, -0.25) is 0 Å². The van der Waals surface area contributed by atoms with Crippen molar-refractivity contribution in [2.45, 2.75) is 57.9 Å². The highest BCUT2D eigenvalue weighted by Crippen LogP contribution is 2.25. The van der Waals surface area contributed by atoms with E-state index in [2.05, 4.69) is 17.6 Å². The Balaban J connectivity index is 1.70. The van der Waals surface area contributed by atoms with E-state index in [1.54, 1.807) is 0 Å². The van der Waals surface area contributed by atoms with Gasteiger partial charge < -0.3 is 10.6 Å². The molecule has 2 rings (SSSR count). The van der Waals surface area contributed by atoms with Crippen molar-refractivity contribution in [3.8, 4) is 0 Å². The van der Waals surface area contributed by atoms with Gasteiger partial charge in [-0.05, 0) is 37.6 Å². The van der Waals surface area contributed by atoms with E-state index in [1.165, 1.54) is 64.6 Å². The van der Waals surface area contributed by atoms with Gasteiger partial charge >= 0.3 is 0 Å².